The third kappa shape index (κ3) is 3.68. The molecule has 0 bridgehead atoms. The fourth-order valence-corrected chi connectivity index (χ4v) is 1.43. The number of hydrogen-bond donors (Lipinski definition) is 2. The minimum Gasteiger partial charge on any atom is -0.508 e. The van der Waals surface area contributed by atoms with Crippen LogP contribution in [0, 0.1) is 0 Å². The summed E-state index contributed by atoms with van der Waals surface area (Å²) in [5, 5.41) is 9.12. The normalized spacial score (nSPS) is 11.8. The molecule has 0 aromatic heterocycles. The summed E-state index contributed by atoms with van der Waals surface area (Å²) in [6.45, 7) is 0.236. The molecule has 0 aliphatic carbocycles. The molecule has 4 nitrogen and oxygen atoms in total. The zero-order valence-corrected chi connectivity index (χ0v) is 9.82. The molecule has 0 aliphatic heterocycles. The van der Waals surface area contributed by atoms with Crippen LogP contribution < -0.4 is 15.2 Å². The Bertz CT molecular complexity index is 470. The molecule has 94 valence electrons. The highest BCUT2D eigenvalue weighted by Gasteiger charge is 2.05. The summed E-state index contributed by atoms with van der Waals surface area (Å²) in [5.41, 5.74) is 5.79. The highest BCUT2D eigenvalue weighted by atomic mass is 16.5. The van der Waals surface area contributed by atoms with Crippen molar-refractivity contribution in [2.75, 3.05) is 6.61 Å². The Kier molecular flexibility index (Phi) is 4.04. The third-order valence-electron chi connectivity index (χ3n) is 2.28. The number of phenols is 1. The molecule has 18 heavy (non-hydrogen) atoms. The van der Waals surface area contributed by atoms with E-state index in [1.54, 1.807) is 24.3 Å². The molecule has 0 aliphatic rings. The molecule has 0 fully saturated rings. The molecule has 4 heteroatoms. The summed E-state index contributed by atoms with van der Waals surface area (Å²) in [6, 6.07) is 15.8. The molecular formula is C14H15NO3. The third-order valence-corrected chi connectivity index (χ3v) is 2.28. The standard InChI is InChI=1S/C14H15NO3/c15-14(18-13-4-2-1-3-5-13)10-17-12-8-6-11(16)7-9-12/h1-9,14,16H,10,15H2. The maximum Gasteiger partial charge on any atom is 0.182 e. The molecule has 0 saturated heterocycles. The van der Waals surface area contributed by atoms with E-state index < -0.39 is 6.23 Å². The van der Waals surface area contributed by atoms with Gasteiger partial charge in [0.2, 0.25) is 0 Å². The van der Waals surface area contributed by atoms with Gasteiger partial charge in [-0.3, -0.25) is 5.73 Å². The van der Waals surface area contributed by atoms with Gasteiger partial charge in [-0.05, 0) is 36.4 Å². The predicted octanol–water partition coefficient (Wildman–Crippen LogP) is 2.13. The maximum atomic E-state index is 9.12. The van der Waals surface area contributed by atoms with Crippen LogP contribution in [0.25, 0.3) is 0 Å². The molecule has 0 spiro atoms. The van der Waals surface area contributed by atoms with Crippen LogP contribution in [0.1, 0.15) is 0 Å². The Morgan fingerprint density at radius 3 is 2.28 bits per heavy atom. The first-order chi connectivity index (χ1) is 8.74. The van der Waals surface area contributed by atoms with Gasteiger partial charge >= 0.3 is 0 Å². The van der Waals surface area contributed by atoms with Gasteiger partial charge in [-0.1, -0.05) is 18.2 Å². The van der Waals surface area contributed by atoms with Crippen molar-refractivity contribution >= 4 is 0 Å². The second kappa shape index (κ2) is 5.93. The number of aromatic hydroxyl groups is 1. The highest BCUT2D eigenvalue weighted by molar-refractivity contribution is 5.30. The number of ether oxygens (including phenoxy) is 2. The summed E-state index contributed by atoms with van der Waals surface area (Å²) in [7, 11) is 0. The average molecular weight is 245 g/mol. The zero-order chi connectivity index (χ0) is 12.8. The van der Waals surface area contributed by atoms with Crippen LogP contribution in [0.4, 0.5) is 0 Å². The van der Waals surface area contributed by atoms with E-state index in [1.807, 2.05) is 30.3 Å². The summed E-state index contributed by atoms with van der Waals surface area (Å²) >= 11 is 0. The van der Waals surface area contributed by atoms with Crippen LogP contribution in [0.2, 0.25) is 0 Å². The van der Waals surface area contributed by atoms with Crippen molar-refractivity contribution in [2.45, 2.75) is 6.23 Å². The van der Waals surface area contributed by atoms with E-state index in [0.717, 1.165) is 0 Å². The monoisotopic (exact) mass is 245 g/mol. The minimum atomic E-state index is -0.541. The number of nitrogens with two attached hydrogens (primary N) is 1. The molecule has 1 unspecified atom stereocenters. The topological polar surface area (TPSA) is 64.7 Å². The first-order valence-corrected chi connectivity index (χ1v) is 5.63. The zero-order valence-electron chi connectivity index (χ0n) is 9.82. The van der Waals surface area contributed by atoms with Crippen molar-refractivity contribution in [3.05, 3.63) is 54.6 Å². The molecular weight excluding hydrogens is 230 g/mol. The van der Waals surface area contributed by atoms with Crippen LogP contribution in [0.3, 0.4) is 0 Å². The van der Waals surface area contributed by atoms with Crippen molar-refractivity contribution < 1.29 is 14.6 Å². The van der Waals surface area contributed by atoms with Crippen LogP contribution in [0.5, 0.6) is 17.2 Å². The second-order valence-corrected chi connectivity index (χ2v) is 3.77. The van der Waals surface area contributed by atoms with Gasteiger partial charge in [0, 0.05) is 0 Å². The number of para-hydroxylation sites is 1. The molecule has 1 atom stereocenters. The summed E-state index contributed by atoms with van der Waals surface area (Å²) < 4.78 is 10.9. The van der Waals surface area contributed by atoms with Crippen LogP contribution in [0.15, 0.2) is 54.6 Å². The summed E-state index contributed by atoms with van der Waals surface area (Å²) in [6.07, 6.45) is -0.541. The van der Waals surface area contributed by atoms with Gasteiger partial charge in [-0.2, -0.15) is 0 Å². The lowest BCUT2D eigenvalue weighted by atomic mass is 10.3. The van der Waals surface area contributed by atoms with Crippen molar-refractivity contribution in [3.63, 3.8) is 0 Å². The predicted molar refractivity (Wildman–Crippen MR) is 68.6 cm³/mol. The molecule has 0 amide bonds. The Morgan fingerprint density at radius 1 is 0.944 bits per heavy atom. The van der Waals surface area contributed by atoms with E-state index in [-0.39, 0.29) is 12.4 Å². The molecule has 0 saturated carbocycles. The van der Waals surface area contributed by atoms with Crippen LogP contribution >= 0.6 is 0 Å². The Labute approximate surface area is 106 Å². The molecule has 0 radical (unpaired) electrons. The van der Waals surface area contributed by atoms with Crippen LogP contribution in [-0.2, 0) is 0 Å². The lowest BCUT2D eigenvalue weighted by Crippen LogP contribution is -2.33. The van der Waals surface area contributed by atoms with E-state index >= 15 is 0 Å². The highest BCUT2D eigenvalue weighted by Crippen LogP contribution is 2.16. The van der Waals surface area contributed by atoms with Crippen LogP contribution in [-0.4, -0.2) is 17.9 Å². The maximum absolute atomic E-state index is 9.12. The minimum absolute atomic E-state index is 0.201. The summed E-state index contributed by atoms with van der Waals surface area (Å²) in [5.74, 6) is 1.55. The lowest BCUT2D eigenvalue weighted by Gasteiger charge is -2.15. The smallest absolute Gasteiger partial charge is 0.182 e. The largest absolute Gasteiger partial charge is 0.508 e. The number of phenolic OH excluding ortho intramolecular Hbond substituents is 1. The average Bonchev–Trinajstić information content (AvgIpc) is 2.39. The van der Waals surface area contributed by atoms with Gasteiger partial charge in [0.1, 0.15) is 23.9 Å². The van der Waals surface area contributed by atoms with Crippen molar-refractivity contribution in [1.29, 1.82) is 0 Å². The number of rotatable bonds is 5. The molecule has 2 aromatic rings. The first-order valence-electron chi connectivity index (χ1n) is 5.63. The quantitative estimate of drug-likeness (QED) is 0.792. The van der Waals surface area contributed by atoms with E-state index in [1.165, 1.54) is 0 Å². The van der Waals surface area contributed by atoms with Crippen molar-refractivity contribution in [1.82, 2.24) is 0 Å². The lowest BCUT2D eigenvalue weighted by molar-refractivity contribution is 0.134. The van der Waals surface area contributed by atoms with Crippen molar-refractivity contribution in [3.8, 4) is 17.2 Å². The Morgan fingerprint density at radius 2 is 1.61 bits per heavy atom. The fraction of sp³-hybridized carbons (Fsp3) is 0.143. The summed E-state index contributed by atoms with van der Waals surface area (Å²) in [4.78, 5) is 0. The van der Waals surface area contributed by atoms with E-state index in [9.17, 15) is 0 Å². The van der Waals surface area contributed by atoms with Gasteiger partial charge in [0.15, 0.2) is 6.23 Å². The molecule has 3 N–H and O–H groups in total. The fourth-order valence-electron chi connectivity index (χ4n) is 1.43. The van der Waals surface area contributed by atoms with Gasteiger partial charge in [-0.25, -0.2) is 0 Å². The van der Waals surface area contributed by atoms with Gasteiger partial charge < -0.3 is 14.6 Å². The first kappa shape index (κ1) is 12.3. The second-order valence-electron chi connectivity index (χ2n) is 3.77. The molecule has 2 rings (SSSR count). The number of hydrogen-bond acceptors (Lipinski definition) is 4. The van der Waals surface area contributed by atoms with Gasteiger partial charge in [-0.15, -0.1) is 0 Å². The van der Waals surface area contributed by atoms with Gasteiger partial charge in [0.25, 0.3) is 0 Å². The van der Waals surface area contributed by atoms with E-state index in [2.05, 4.69) is 0 Å². The molecule has 0 heterocycles. The Hall–Kier alpha value is -2.20. The van der Waals surface area contributed by atoms with Gasteiger partial charge in [0.05, 0.1) is 0 Å². The Balaban J connectivity index is 1.81. The van der Waals surface area contributed by atoms with E-state index in [4.69, 9.17) is 20.3 Å². The molecule has 2 aromatic carbocycles. The van der Waals surface area contributed by atoms with E-state index in [0.29, 0.717) is 11.5 Å². The SMILES string of the molecule is NC(COc1ccc(O)cc1)Oc1ccccc1. The van der Waals surface area contributed by atoms with Crippen molar-refractivity contribution in [2.24, 2.45) is 5.73 Å². The number of benzene rings is 2.